The predicted molar refractivity (Wildman–Crippen MR) is 89.2 cm³/mol. The maximum absolute atomic E-state index is 10.7. The average molecular weight is 317 g/mol. The Bertz CT molecular complexity index is 618. The number of nitro groups is 1. The molecule has 0 bridgehead atoms. The van der Waals surface area contributed by atoms with Crippen molar-refractivity contribution in [3.8, 4) is 11.4 Å². The van der Waals surface area contributed by atoms with Gasteiger partial charge in [0.05, 0.1) is 4.92 Å². The van der Waals surface area contributed by atoms with E-state index in [2.05, 4.69) is 33.9 Å². The van der Waals surface area contributed by atoms with E-state index in [1.807, 2.05) is 0 Å². The lowest BCUT2D eigenvalue weighted by molar-refractivity contribution is -0.384. The van der Waals surface area contributed by atoms with Crippen LogP contribution in [0.1, 0.15) is 32.5 Å². The molecular weight excluding hydrogens is 294 g/mol. The van der Waals surface area contributed by atoms with Crippen LogP contribution in [0, 0.1) is 10.1 Å². The minimum atomic E-state index is -0.413. The molecule has 23 heavy (non-hydrogen) atoms. The van der Waals surface area contributed by atoms with Gasteiger partial charge in [-0.3, -0.25) is 15.2 Å². The first-order valence-corrected chi connectivity index (χ1v) is 8.02. The largest absolute Gasteiger partial charge is 0.303 e. The summed E-state index contributed by atoms with van der Waals surface area (Å²) in [5, 5.41) is 17.8. The second-order valence-electron chi connectivity index (χ2n) is 5.50. The Morgan fingerprint density at radius 3 is 2.35 bits per heavy atom. The molecule has 0 atom stereocenters. The highest BCUT2D eigenvalue weighted by molar-refractivity contribution is 5.56. The predicted octanol–water partition coefficient (Wildman–Crippen LogP) is 3.04. The Balaban J connectivity index is 1.98. The van der Waals surface area contributed by atoms with Gasteiger partial charge in [-0.05, 0) is 38.1 Å². The number of nitro benzene ring substituents is 1. The van der Waals surface area contributed by atoms with Crippen LogP contribution in [-0.4, -0.2) is 44.6 Å². The van der Waals surface area contributed by atoms with Crippen molar-refractivity contribution in [2.45, 2.75) is 33.1 Å². The lowest BCUT2D eigenvalue weighted by atomic mass is 10.2. The minimum Gasteiger partial charge on any atom is -0.303 e. The molecule has 1 aromatic carbocycles. The summed E-state index contributed by atoms with van der Waals surface area (Å²) in [6, 6.07) is 6.28. The van der Waals surface area contributed by atoms with Gasteiger partial charge in [0.1, 0.15) is 5.82 Å². The normalized spacial score (nSPS) is 11.1. The summed E-state index contributed by atoms with van der Waals surface area (Å²) in [4.78, 5) is 17.2. The number of nitrogens with one attached hydrogen (secondary N) is 1. The fourth-order valence-corrected chi connectivity index (χ4v) is 2.50. The SMILES string of the molecule is CCCN(CCC)CCc1nc(-c2ccc([N+](=O)[O-])cc2)n[nH]1. The van der Waals surface area contributed by atoms with Crippen LogP contribution in [0.25, 0.3) is 11.4 Å². The molecule has 0 amide bonds. The third kappa shape index (κ3) is 4.85. The third-order valence-electron chi connectivity index (χ3n) is 3.61. The average Bonchev–Trinajstić information content (AvgIpc) is 3.02. The van der Waals surface area contributed by atoms with E-state index < -0.39 is 4.92 Å². The summed E-state index contributed by atoms with van der Waals surface area (Å²) in [5.41, 5.74) is 0.844. The van der Waals surface area contributed by atoms with Gasteiger partial charge in [0.2, 0.25) is 0 Å². The van der Waals surface area contributed by atoms with E-state index in [9.17, 15) is 10.1 Å². The molecule has 1 heterocycles. The highest BCUT2D eigenvalue weighted by Crippen LogP contribution is 2.19. The lowest BCUT2D eigenvalue weighted by Gasteiger charge is -2.19. The topological polar surface area (TPSA) is 87.9 Å². The molecule has 2 aromatic rings. The van der Waals surface area contributed by atoms with Crippen LogP contribution in [0.2, 0.25) is 0 Å². The van der Waals surface area contributed by atoms with Gasteiger partial charge in [-0.15, -0.1) is 0 Å². The Hall–Kier alpha value is -2.28. The Morgan fingerprint density at radius 1 is 1.13 bits per heavy atom. The van der Waals surface area contributed by atoms with Crippen molar-refractivity contribution >= 4 is 5.69 Å². The van der Waals surface area contributed by atoms with Crippen molar-refractivity contribution in [1.82, 2.24) is 20.1 Å². The number of H-pyrrole nitrogens is 1. The summed E-state index contributed by atoms with van der Waals surface area (Å²) in [7, 11) is 0. The number of nitrogens with zero attached hydrogens (tertiary/aromatic N) is 4. The Labute approximate surface area is 135 Å². The van der Waals surface area contributed by atoms with Crippen LogP contribution in [0.3, 0.4) is 0 Å². The van der Waals surface area contributed by atoms with Crippen LogP contribution in [-0.2, 0) is 6.42 Å². The molecule has 0 radical (unpaired) electrons. The third-order valence-corrected chi connectivity index (χ3v) is 3.61. The van der Waals surface area contributed by atoms with Gasteiger partial charge in [-0.2, -0.15) is 5.10 Å². The fourth-order valence-electron chi connectivity index (χ4n) is 2.50. The van der Waals surface area contributed by atoms with E-state index in [0.29, 0.717) is 5.82 Å². The number of rotatable bonds is 9. The van der Waals surface area contributed by atoms with Crippen molar-refractivity contribution < 1.29 is 4.92 Å². The molecule has 0 saturated carbocycles. The van der Waals surface area contributed by atoms with Gasteiger partial charge in [0.25, 0.3) is 5.69 Å². The Morgan fingerprint density at radius 2 is 1.78 bits per heavy atom. The van der Waals surface area contributed by atoms with E-state index in [0.717, 1.165) is 50.3 Å². The van der Waals surface area contributed by atoms with Crippen molar-refractivity contribution in [3.63, 3.8) is 0 Å². The second kappa shape index (κ2) is 8.38. The number of benzene rings is 1. The lowest BCUT2D eigenvalue weighted by Crippen LogP contribution is -2.28. The first-order valence-electron chi connectivity index (χ1n) is 8.02. The summed E-state index contributed by atoms with van der Waals surface area (Å²) in [5.74, 6) is 1.42. The van der Waals surface area contributed by atoms with Crippen LogP contribution in [0.5, 0.6) is 0 Å². The number of hydrogen-bond acceptors (Lipinski definition) is 5. The molecule has 1 N–H and O–H groups in total. The summed E-state index contributed by atoms with van der Waals surface area (Å²) in [6.07, 6.45) is 3.11. The number of non-ortho nitro benzene ring substituents is 1. The van der Waals surface area contributed by atoms with Gasteiger partial charge in [-0.1, -0.05) is 13.8 Å². The van der Waals surface area contributed by atoms with E-state index in [1.165, 1.54) is 12.1 Å². The zero-order chi connectivity index (χ0) is 16.7. The van der Waals surface area contributed by atoms with Crippen LogP contribution in [0.15, 0.2) is 24.3 Å². The first kappa shape index (κ1) is 17.1. The van der Waals surface area contributed by atoms with Crippen LogP contribution < -0.4 is 0 Å². The van der Waals surface area contributed by atoms with Gasteiger partial charge in [0.15, 0.2) is 5.82 Å². The molecule has 124 valence electrons. The monoisotopic (exact) mass is 317 g/mol. The molecule has 0 saturated heterocycles. The van der Waals surface area contributed by atoms with Crippen molar-refractivity contribution in [1.29, 1.82) is 0 Å². The summed E-state index contributed by atoms with van der Waals surface area (Å²) < 4.78 is 0. The molecule has 0 aliphatic carbocycles. The van der Waals surface area contributed by atoms with Crippen molar-refractivity contribution in [3.05, 3.63) is 40.2 Å². The minimum absolute atomic E-state index is 0.0688. The van der Waals surface area contributed by atoms with E-state index in [1.54, 1.807) is 12.1 Å². The molecule has 2 rings (SSSR count). The van der Waals surface area contributed by atoms with Crippen LogP contribution in [0.4, 0.5) is 5.69 Å². The Kier molecular flexibility index (Phi) is 6.22. The highest BCUT2D eigenvalue weighted by Gasteiger charge is 2.10. The smallest absolute Gasteiger partial charge is 0.269 e. The molecule has 0 fully saturated rings. The molecule has 0 unspecified atom stereocenters. The maximum Gasteiger partial charge on any atom is 0.269 e. The first-order chi connectivity index (χ1) is 11.1. The number of aromatic nitrogens is 3. The number of aromatic amines is 1. The molecule has 7 heteroatoms. The van der Waals surface area contributed by atoms with Crippen molar-refractivity contribution in [2.75, 3.05) is 19.6 Å². The standard InChI is InChI=1S/C16H23N5O2/c1-3-10-20(11-4-2)12-9-15-17-16(19-18-15)13-5-7-14(8-6-13)21(22)23/h5-8H,3-4,9-12H2,1-2H3,(H,17,18,19). The zero-order valence-corrected chi connectivity index (χ0v) is 13.7. The van der Waals surface area contributed by atoms with E-state index in [-0.39, 0.29) is 5.69 Å². The molecule has 7 nitrogen and oxygen atoms in total. The molecule has 0 aliphatic rings. The van der Waals surface area contributed by atoms with Gasteiger partial charge < -0.3 is 4.90 Å². The zero-order valence-electron chi connectivity index (χ0n) is 13.7. The number of hydrogen-bond donors (Lipinski definition) is 1. The van der Waals surface area contributed by atoms with Crippen LogP contribution >= 0.6 is 0 Å². The van der Waals surface area contributed by atoms with Gasteiger partial charge in [0, 0.05) is 30.7 Å². The molecule has 1 aromatic heterocycles. The highest BCUT2D eigenvalue weighted by atomic mass is 16.6. The van der Waals surface area contributed by atoms with E-state index in [4.69, 9.17) is 0 Å². The van der Waals surface area contributed by atoms with Gasteiger partial charge in [-0.25, -0.2) is 4.98 Å². The molecule has 0 aliphatic heterocycles. The second-order valence-corrected chi connectivity index (χ2v) is 5.50. The van der Waals surface area contributed by atoms with Crippen molar-refractivity contribution in [2.24, 2.45) is 0 Å². The maximum atomic E-state index is 10.7. The molecule has 0 spiro atoms. The van der Waals surface area contributed by atoms with Gasteiger partial charge >= 0.3 is 0 Å². The summed E-state index contributed by atoms with van der Waals surface area (Å²) >= 11 is 0. The summed E-state index contributed by atoms with van der Waals surface area (Å²) in [6.45, 7) is 7.51. The van der Waals surface area contributed by atoms with E-state index >= 15 is 0 Å². The molecular formula is C16H23N5O2. The fraction of sp³-hybridized carbons (Fsp3) is 0.500. The quantitative estimate of drug-likeness (QED) is 0.567.